The van der Waals surface area contributed by atoms with Gasteiger partial charge in [0.1, 0.15) is 5.82 Å². The normalized spacial score (nSPS) is 19.4. The Balaban J connectivity index is 0.00000196. The van der Waals surface area contributed by atoms with Gasteiger partial charge in [-0.2, -0.15) is 0 Å². The summed E-state index contributed by atoms with van der Waals surface area (Å²) in [6.07, 6.45) is 3.40. The summed E-state index contributed by atoms with van der Waals surface area (Å²) in [6.45, 7) is 5.98. The van der Waals surface area contributed by atoms with Gasteiger partial charge in [0.05, 0.1) is 6.54 Å². The van der Waals surface area contributed by atoms with Crippen LogP contribution in [-0.4, -0.2) is 45.8 Å². The highest BCUT2D eigenvalue weighted by atomic mass is 127. The van der Waals surface area contributed by atoms with Crippen LogP contribution in [0.2, 0.25) is 0 Å². The van der Waals surface area contributed by atoms with Crippen molar-refractivity contribution in [1.29, 1.82) is 0 Å². The number of benzene rings is 1. The number of hydrogen-bond donors (Lipinski definition) is 1. The number of nitrogens with one attached hydrogen (secondary N) is 1. The van der Waals surface area contributed by atoms with Crippen LogP contribution in [0.4, 0.5) is 0 Å². The molecule has 1 aromatic heterocycles. The van der Waals surface area contributed by atoms with Crippen LogP contribution >= 0.6 is 24.0 Å². The first-order chi connectivity index (χ1) is 12.3. The van der Waals surface area contributed by atoms with Gasteiger partial charge in [0, 0.05) is 39.0 Å². The number of aromatic nitrogens is 3. The van der Waals surface area contributed by atoms with E-state index in [4.69, 9.17) is 0 Å². The van der Waals surface area contributed by atoms with E-state index in [2.05, 4.69) is 61.2 Å². The lowest BCUT2D eigenvalue weighted by Crippen LogP contribution is -2.40. The minimum absolute atomic E-state index is 0. The van der Waals surface area contributed by atoms with Crippen LogP contribution in [0.25, 0.3) is 0 Å². The van der Waals surface area contributed by atoms with Gasteiger partial charge in [0.15, 0.2) is 11.8 Å². The smallest absolute Gasteiger partial charge is 0.194 e. The number of nitrogens with zero attached hydrogens (tertiary/aromatic N) is 5. The zero-order valence-electron chi connectivity index (χ0n) is 15.5. The lowest BCUT2D eigenvalue weighted by Gasteiger charge is -2.22. The highest BCUT2D eigenvalue weighted by Gasteiger charge is 2.27. The van der Waals surface area contributed by atoms with Crippen molar-refractivity contribution in [2.75, 3.05) is 20.1 Å². The second-order valence-electron chi connectivity index (χ2n) is 6.98. The Morgan fingerprint density at radius 1 is 1.27 bits per heavy atom. The molecule has 1 N–H and O–H groups in total. The van der Waals surface area contributed by atoms with Gasteiger partial charge >= 0.3 is 0 Å². The van der Waals surface area contributed by atoms with Crippen LogP contribution in [-0.2, 0) is 19.5 Å². The summed E-state index contributed by atoms with van der Waals surface area (Å²) in [5.74, 6) is 3.68. The van der Waals surface area contributed by atoms with Gasteiger partial charge in [-0.15, -0.1) is 34.2 Å². The Labute approximate surface area is 172 Å². The molecule has 0 saturated carbocycles. The highest BCUT2D eigenvalue weighted by molar-refractivity contribution is 14.0. The maximum absolute atomic E-state index is 4.49. The molecule has 1 atom stereocenters. The summed E-state index contributed by atoms with van der Waals surface area (Å²) in [6, 6.07) is 8.73. The third kappa shape index (κ3) is 3.72. The first-order valence-corrected chi connectivity index (χ1v) is 9.18. The molecular weight excluding hydrogens is 439 g/mol. The molecule has 0 radical (unpaired) electrons. The number of fused-ring (bicyclic) bond motifs is 1. The molecule has 0 bridgehead atoms. The predicted molar refractivity (Wildman–Crippen MR) is 114 cm³/mol. The summed E-state index contributed by atoms with van der Waals surface area (Å²) >= 11 is 0. The van der Waals surface area contributed by atoms with E-state index < -0.39 is 0 Å². The molecule has 4 rings (SSSR count). The summed E-state index contributed by atoms with van der Waals surface area (Å²) in [5.41, 5.74) is 2.85. The van der Waals surface area contributed by atoms with Crippen LogP contribution in [0.3, 0.4) is 0 Å². The Morgan fingerprint density at radius 2 is 2.12 bits per heavy atom. The number of rotatable bonds is 3. The van der Waals surface area contributed by atoms with E-state index in [9.17, 15) is 0 Å². The van der Waals surface area contributed by atoms with E-state index in [1.165, 1.54) is 24.0 Å². The molecule has 0 amide bonds. The van der Waals surface area contributed by atoms with Crippen molar-refractivity contribution in [2.45, 2.75) is 45.2 Å². The van der Waals surface area contributed by atoms with Gasteiger partial charge in [-0.05, 0) is 30.9 Å². The average molecular weight is 466 g/mol. The zero-order valence-corrected chi connectivity index (χ0v) is 17.8. The summed E-state index contributed by atoms with van der Waals surface area (Å²) < 4.78 is 2.24. The topological polar surface area (TPSA) is 58.3 Å². The molecule has 1 saturated heterocycles. The van der Waals surface area contributed by atoms with E-state index in [0.717, 1.165) is 43.7 Å². The molecule has 2 aromatic rings. The van der Waals surface area contributed by atoms with E-state index >= 15 is 0 Å². The average Bonchev–Trinajstić information content (AvgIpc) is 3.33. The SMILES string of the molecule is CN=C(NCc1nnc2n1CCC2)N1CCC(c2ccccc2C)C1.I. The lowest BCUT2D eigenvalue weighted by atomic mass is 9.94. The van der Waals surface area contributed by atoms with Crippen molar-refractivity contribution < 1.29 is 0 Å². The molecule has 0 aliphatic carbocycles. The molecule has 1 fully saturated rings. The van der Waals surface area contributed by atoms with Crippen LogP contribution < -0.4 is 5.32 Å². The van der Waals surface area contributed by atoms with Crippen molar-refractivity contribution in [3.63, 3.8) is 0 Å². The Hall–Kier alpha value is -1.64. The Kier molecular flexibility index (Phi) is 6.16. The number of aryl methyl sites for hydroxylation is 2. The molecule has 3 heterocycles. The molecule has 2 aliphatic heterocycles. The molecule has 140 valence electrons. The number of aliphatic imine (C=N–C) groups is 1. The number of hydrogen-bond acceptors (Lipinski definition) is 3. The summed E-state index contributed by atoms with van der Waals surface area (Å²) in [5, 5.41) is 12.1. The van der Waals surface area contributed by atoms with E-state index in [0.29, 0.717) is 12.5 Å². The minimum Gasteiger partial charge on any atom is -0.349 e. The second kappa shape index (κ2) is 8.37. The van der Waals surface area contributed by atoms with Crippen molar-refractivity contribution in [1.82, 2.24) is 25.0 Å². The summed E-state index contributed by atoms with van der Waals surface area (Å²) in [7, 11) is 1.86. The largest absolute Gasteiger partial charge is 0.349 e. The molecule has 1 unspecified atom stereocenters. The lowest BCUT2D eigenvalue weighted by molar-refractivity contribution is 0.482. The molecule has 26 heavy (non-hydrogen) atoms. The first-order valence-electron chi connectivity index (χ1n) is 9.18. The van der Waals surface area contributed by atoms with Gasteiger partial charge in [0.2, 0.25) is 0 Å². The molecule has 2 aliphatic rings. The van der Waals surface area contributed by atoms with E-state index in [-0.39, 0.29) is 24.0 Å². The fourth-order valence-corrected chi connectivity index (χ4v) is 4.08. The van der Waals surface area contributed by atoms with Crippen molar-refractivity contribution in [2.24, 2.45) is 4.99 Å². The Bertz CT molecular complexity index is 784. The first kappa shape index (κ1) is 19.1. The van der Waals surface area contributed by atoms with Crippen LogP contribution in [0.15, 0.2) is 29.3 Å². The highest BCUT2D eigenvalue weighted by Crippen LogP contribution is 2.29. The third-order valence-electron chi connectivity index (χ3n) is 5.42. The molecule has 6 nitrogen and oxygen atoms in total. The number of guanidine groups is 1. The standard InChI is InChI=1S/C19H26N6.HI/c1-14-6-3-4-7-16(14)15-9-11-24(13-15)19(20-2)21-12-18-23-22-17-8-5-10-25(17)18;/h3-4,6-7,15H,5,8-13H2,1-2H3,(H,20,21);1H. The monoisotopic (exact) mass is 466 g/mol. The fourth-order valence-electron chi connectivity index (χ4n) is 4.08. The van der Waals surface area contributed by atoms with Crippen LogP contribution in [0, 0.1) is 6.92 Å². The molecule has 0 spiro atoms. The number of likely N-dealkylation sites (tertiary alicyclic amines) is 1. The number of halogens is 1. The maximum Gasteiger partial charge on any atom is 0.194 e. The van der Waals surface area contributed by atoms with Crippen LogP contribution in [0.5, 0.6) is 0 Å². The molecule has 7 heteroatoms. The fraction of sp³-hybridized carbons (Fsp3) is 0.526. The van der Waals surface area contributed by atoms with E-state index in [1.807, 2.05) is 7.05 Å². The summed E-state index contributed by atoms with van der Waals surface area (Å²) in [4.78, 5) is 6.85. The van der Waals surface area contributed by atoms with Gasteiger partial charge in [-0.3, -0.25) is 4.99 Å². The van der Waals surface area contributed by atoms with Crippen molar-refractivity contribution in [3.05, 3.63) is 47.0 Å². The minimum atomic E-state index is 0. The zero-order chi connectivity index (χ0) is 17.2. The van der Waals surface area contributed by atoms with Gasteiger partial charge in [0.25, 0.3) is 0 Å². The Morgan fingerprint density at radius 3 is 2.92 bits per heavy atom. The third-order valence-corrected chi connectivity index (χ3v) is 5.42. The quantitative estimate of drug-likeness (QED) is 0.430. The maximum atomic E-state index is 4.49. The second-order valence-corrected chi connectivity index (χ2v) is 6.98. The van der Waals surface area contributed by atoms with Gasteiger partial charge in [-0.25, -0.2) is 0 Å². The van der Waals surface area contributed by atoms with Gasteiger partial charge < -0.3 is 14.8 Å². The predicted octanol–water partition coefficient (Wildman–Crippen LogP) is 2.72. The molecule has 1 aromatic carbocycles. The van der Waals surface area contributed by atoms with Gasteiger partial charge in [-0.1, -0.05) is 24.3 Å². The molecular formula is C19H27IN6. The van der Waals surface area contributed by atoms with Crippen LogP contribution in [0.1, 0.15) is 41.5 Å². The van der Waals surface area contributed by atoms with E-state index in [1.54, 1.807) is 0 Å². The van der Waals surface area contributed by atoms with Crippen molar-refractivity contribution in [3.8, 4) is 0 Å². The van der Waals surface area contributed by atoms with Crippen molar-refractivity contribution >= 4 is 29.9 Å².